The minimum atomic E-state index is -3.65. The molecule has 1 aliphatic rings. The molecular weight excluding hydrogens is 362 g/mol. The van der Waals surface area contributed by atoms with Gasteiger partial charge in [0.25, 0.3) is 0 Å². The van der Waals surface area contributed by atoms with Crippen molar-refractivity contribution in [2.45, 2.75) is 44.4 Å². The van der Waals surface area contributed by atoms with E-state index in [-0.39, 0.29) is 17.8 Å². The van der Waals surface area contributed by atoms with Crippen LogP contribution in [0.15, 0.2) is 22.0 Å². The minimum absolute atomic E-state index is 0.0156. The van der Waals surface area contributed by atoms with Crippen molar-refractivity contribution >= 4 is 27.1 Å². The Bertz CT molecular complexity index is 814. The fraction of sp³-hybridized carbons (Fsp3) is 0.562. The average molecular weight is 383 g/mol. The van der Waals surface area contributed by atoms with Gasteiger partial charge in [0, 0.05) is 12.6 Å². The largest absolute Gasteiger partial charge is 0.339 e. The molecule has 1 fully saturated rings. The number of thiophene rings is 1. The Morgan fingerprint density at radius 2 is 2.28 bits per heavy atom. The highest BCUT2D eigenvalue weighted by Crippen LogP contribution is 2.23. The molecule has 2 aromatic rings. The van der Waals surface area contributed by atoms with Crippen LogP contribution >= 0.6 is 11.3 Å². The molecule has 0 radical (unpaired) electrons. The number of aromatic nitrogens is 2. The van der Waals surface area contributed by atoms with Gasteiger partial charge < -0.3 is 9.42 Å². The number of nitrogens with zero attached hydrogens (tertiary/aromatic N) is 3. The number of carbonyl (C=O) groups excluding carboxylic acids is 1. The van der Waals surface area contributed by atoms with E-state index >= 15 is 0 Å². The maximum Gasteiger partial charge on any atom is 0.242 e. The van der Waals surface area contributed by atoms with E-state index in [2.05, 4.69) is 10.1 Å². The minimum Gasteiger partial charge on any atom is -0.339 e. The highest BCUT2D eigenvalue weighted by molar-refractivity contribution is 7.91. The third kappa shape index (κ3) is 4.46. The van der Waals surface area contributed by atoms with Crippen molar-refractivity contribution in [2.75, 3.05) is 12.3 Å². The van der Waals surface area contributed by atoms with E-state index in [9.17, 15) is 13.2 Å². The summed E-state index contributed by atoms with van der Waals surface area (Å²) in [7, 11) is -3.65. The van der Waals surface area contributed by atoms with Crippen molar-refractivity contribution < 1.29 is 17.7 Å². The summed E-state index contributed by atoms with van der Waals surface area (Å²) >= 11 is 1.44. The van der Waals surface area contributed by atoms with Crippen LogP contribution in [-0.4, -0.2) is 47.7 Å². The Morgan fingerprint density at radius 3 is 3.00 bits per heavy atom. The van der Waals surface area contributed by atoms with E-state index in [4.69, 9.17) is 4.52 Å². The first-order valence-electron chi connectivity index (χ1n) is 8.35. The number of rotatable bonds is 6. The lowest BCUT2D eigenvalue weighted by Gasteiger charge is -2.35. The van der Waals surface area contributed by atoms with E-state index in [0.717, 1.165) is 30.6 Å². The summed E-state index contributed by atoms with van der Waals surface area (Å²) in [6, 6.07) is 3.83. The molecule has 0 saturated carbocycles. The van der Waals surface area contributed by atoms with E-state index in [0.29, 0.717) is 12.4 Å². The Balaban J connectivity index is 1.65. The van der Waals surface area contributed by atoms with E-state index < -0.39 is 21.3 Å². The Hall–Kier alpha value is -1.74. The standard InChI is InChI=1S/C16H21N3O4S2/c1-2-12-6-3-4-8-19(12)15(20)11-25(21,22)10-14-17-16(18-23-14)13-7-5-9-24-13/h5,7,9,12H,2-4,6,8,10-11H2,1H3/t12-/m0/s1. The van der Waals surface area contributed by atoms with Gasteiger partial charge in [-0.15, -0.1) is 11.3 Å². The third-order valence-corrected chi connectivity index (χ3v) is 6.55. The molecule has 0 unspecified atom stereocenters. The molecule has 0 N–H and O–H groups in total. The summed E-state index contributed by atoms with van der Waals surface area (Å²) in [5, 5.41) is 5.68. The normalized spacial score (nSPS) is 18.4. The van der Waals surface area contributed by atoms with Crippen LogP contribution in [-0.2, 0) is 20.4 Å². The molecule has 2 aromatic heterocycles. The first kappa shape index (κ1) is 18.1. The van der Waals surface area contributed by atoms with Crippen molar-refractivity contribution in [2.24, 2.45) is 0 Å². The fourth-order valence-corrected chi connectivity index (χ4v) is 4.87. The summed E-state index contributed by atoms with van der Waals surface area (Å²) < 4.78 is 29.8. The first-order chi connectivity index (χ1) is 12.0. The molecule has 0 spiro atoms. The fourth-order valence-electron chi connectivity index (χ4n) is 3.08. The quantitative estimate of drug-likeness (QED) is 0.761. The highest BCUT2D eigenvalue weighted by Gasteiger charge is 2.29. The second-order valence-corrected chi connectivity index (χ2v) is 9.18. The van der Waals surface area contributed by atoms with Gasteiger partial charge in [0.2, 0.25) is 17.6 Å². The van der Waals surface area contributed by atoms with Crippen LogP contribution < -0.4 is 0 Å². The Labute approximate surface area is 151 Å². The van der Waals surface area contributed by atoms with Crippen molar-refractivity contribution in [3.05, 3.63) is 23.4 Å². The number of amides is 1. The lowest BCUT2D eigenvalue weighted by atomic mass is 10.0. The summed E-state index contributed by atoms with van der Waals surface area (Å²) in [4.78, 5) is 19.1. The van der Waals surface area contributed by atoms with Gasteiger partial charge >= 0.3 is 0 Å². The molecule has 136 valence electrons. The lowest BCUT2D eigenvalue weighted by molar-refractivity contribution is -0.132. The summed E-state index contributed by atoms with van der Waals surface area (Å²) in [5.74, 6) is -0.873. The van der Waals surface area contributed by atoms with Crippen molar-refractivity contribution in [3.63, 3.8) is 0 Å². The van der Waals surface area contributed by atoms with Gasteiger partial charge in [0.15, 0.2) is 9.84 Å². The number of sulfone groups is 1. The van der Waals surface area contributed by atoms with E-state index in [1.54, 1.807) is 4.90 Å². The van der Waals surface area contributed by atoms with Crippen molar-refractivity contribution in [1.82, 2.24) is 15.0 Å². The van der Waals surface area contributed by atoms with Gasteiger partial charge in [-0.25, -0.2) is 8.42 Å². The SMILES string of the molecule is CC[C@H]1CCCCN1C(=O)CS(=O)(=O)Cc1nc(-c2cccs2)no1. The van der Waals surface area contributed by atoms with Gasteiger partial charge in [-0.3, -0.25) is 4.79 Å². The van der Waals surface area contributed by atoms with Crippen LogP contribution in [0.5, 0.6) is 0 Å². The molecule has 7 nitrogen and oxygen atoms in total. The van der Waals surface area contributed by atoms with Crippen LogP contribution in [0.1, 0.15) is 38.5 Å². The lowest BCUT2D eigenvalue weighted by Crippen LogP contribution is -2.45. The topological polar surface area (TPSA) is 93.4 Å². The summed E-state index contributed by atoms with van der Waals surface area (Å²) in [6.07, 6.45) is 3.80. The predicted molar refractivity (Wildman–Crippen MR) is 94.7 cm³/mol. The molecule has 0 aromatic carbocycles. The number of hydrogen-bond donors (Lipinski definition) is 0. The zero-order valence-electron chi connectivity index (χ0n) is 14.1. The number of likely N-dealkylation sites (tertiary alicyclic amines) is 1. The second-order valence-electron chi connectivity index (χ2n) is 6.17. The Morgan fingerprint density at radius 1 is 1.44 bits per heavy atom. The van der Waals surface area contributed by atoms with Gasteiger partial charge in [-0.1, -0.05) is 18.1 Å². The Kier molecular flexibility index (Phi) is 5.53. The maximum absolute atomic E-state index is 12.4. The average Bonchev–Trinajstić information content (AvgIpc) is 3.25. The molecule has 25 heavy (non-hydrogen) atoms. The van der Waals surface area contributed by atoms with Gasteiger partial charge in [0.1, 0.15) is 11.5 Å². The first-order valence-corrected chi connectivity index (χ1v) is 11.0. The van der Waals surface area contributed by atoms with Crippen LogP contribution in [0.25, 0.3) is 10.7 Å². The van der Waals surface area contributed by atoms with E-state index in [1.807, 2.05) is 24.4 Å². The van der Waals surface area contributed by atoms with Crippen molar-refractivity contribution in [3.8, 4) is 10.7 Å². The molecule has 0 bridgehead atoms. The third-order valence-electron chi connectivity index (χ3n) is 4.32. The molecular formula is C16H21N3O4S2. The zero-order chi connectivity index (χ0) is 17.9. The van der Waals surface area contributed by atoms with Crippen LogP contribution in [0.2, 0.25) is 0 Å². The monoisotopic (exact) mass is 383 g/mol. The molecule has 1 amide bonds. The molecule has 3 heterocycles. The molecule has 9 heteroatoms. The summed E-state index contributed by atoms with van der Waals surface area (Å²) in [5.41, 5.74) is 0. The van der Waals surface area contributed by atoms with Gasteiger partial charge in [-0.2, -0.15) is 4.98 Å². The van der Waals surface area contributed by atoms with Gasteiger partial charge in [-0.05, 0) is 37.1 Å². The molecule has 3 rings (SSSR count). The molecule has 1 aliphatic heterocycles. The molecule has 1 atom stereocenters. The van der Waals surface area contributed by atoms with Gasteiger partial charge in [0.05, 0.1) is 4.88 Å². The molecule has 1 saturated heterocycles. The predicted octanol–water partition coefficient (Wildman–Crippen LogP) is 2.50. The number of hydrogen-bond acceptors (Lipinski definition) is 7. The smallest absolute Gasteiger partial charge is 0.242 e. The molecule has 0 aliphatic carbocycles. The van der Waals surface area contributed by atoms with Crippen LogP contribution in [0.3, 0.4) is 0 Å². The second kappa shape index (κ2) is 7.65. The number of piperidine rings is 1. The zero-order valence-corrected chi connectivity index (χ0v) is 15.7. The number of carbonyl (C=O) groups is 1. The highest BCUT2D eigenvalue weighted by atomic mass is 32.2. The maximum atomic E-state index is 12.4. The van der Waals surface area contributed by atoms with Crippen LogP contribution in [0, 0.1) is 0 Å². The summed E-state index contributed by atoms with van der Waals surface area (Å²) in [6.45, 7) is 2.66. The van der Waals surface area contributed by atoms with Crippen LogP contribution in [0.4, 0.5) is 0 Å². The van der Waals surface area contributed by atoms with Crippen molar-refractivity contribution in [1.29, 1.82) is 0 Å². The van der Waals surface area contributed by atoms with E-state index in [1.165, 1.54) is 11.3 Å².